The van der Waals surface area contributed by atoms with E-state index in [0.29, 0.717) is 17.4 Å². The highest BCUT2D eigenvalue weighted by molar-refractivity contribution is 5.86. The summed E-state index contributed by atoms with van der Waals surface area (Å²) in [5, 5.41) is 8.67. The van der Waals surface area contributed by atoms with Crippen molar-refractivity contribution < 1.29 is 9.90 Å². The number of hydrogen-bond donors (Lipinski definition) is 1. The van der Waals surface area contributed by atoms with Gasteiger partial charge in [-0.2, -0.15) is 0 Å². The molecular formula is C9H14O2. The molecular weight excluding hydrogens is 140 g/mol. The predicted octanol–water partition coefficient (Wildman–Crippen LogP) is 2.06. The molecule has 0 aromatic carbocycles. The molecule has 2 atom stereocenters. The van der Waals surface area contributed by atoms with E-state index < -0.39 is 5.97 Å². The third-order valence-electron chi connectivity index (χ3n) is 2.51. The SMILES string of the molecule is C[C@H]1C=C(C(=O)O)CC[C@@H]1C. The molecule has 0 amide bonds. The molecule has 11 heavy (non-hydrogen) atoms. The van der Waals surface area contributed by atoms with Crippen LogP contribution >= 0.6 is 0 Å². The molecule has 0 saturated carbocycles. The number of hydrogen-bond acceptors (Lipinski definition) is 1. The van der Waals surface area contributed by atoms with Crippen molar-refractivity contribution in [2.45, 2.75) is 26.7 Å². The van der Waals surface area contributed by atoms with Gasteiger partial charge in [-0.15, -0.1) is 0 Å². The van der Waals surface area contributed by atoms with Gasteiger partial charge in [0.25, 0.3) is 0 Å². The monoisotopic (exact) mass is 154 g/mol. The number of rotatable bonds is 1. The smallest absolute Gasteiger partial charge is 0.331 e. The van der Waals surface area contributed by atoms with Gasteiger partial charge in [0, 0.05) is 5.57 Å². The third kappa shape index (κ3) is 1.82. The lowest BCUT2D eigenvalue weighted by atomic mass is 9.83. The summed E-state index contributed by atoms with van der Waals surface area (Å²) >= 11 is 0. The summed E-state index contributed by atoms with van der Waals surface area (Å²) in [6.07, 6.45) is 3.64. The minimum atomic E-state index is -0.747. The van der Waals surface area contributed by atoms with Crippen LogP contribution in [0, 0.1) is 11.8 Å². The van der Waals surface area contributed by atoms with E-state index in [1.807, 2.05) is 6.08 Å². The lowest BCUT2D eigenvalue weighted by Gasteiger charge is -2.22. The number of aliphatic carboxylic acids is 1. The first-order valence-corrected chi connectivity index (χ1v) is 4.05. The highest BCUT2D eigenvalue weighted by Crippen LogP contribution is 2.27. The maximum atomic E-state index is 10.5. The van der Waals surface area contributed by atoms with E-state index in [2.05, 4.69) is 13.8 Å². The standard InChI is InChI=1S/C9H14O2/c1-6-3-4-8(9(10)11)5-7(6)2/h5-7H,3-4H2,1-2H3,(H,10,11)/t6-,7-/m0/s1. The fraction of sp³-hybridized carbons (Fsp3) is 0.667. The van der Waals surface area contributed by atoms with Crippen molar-refractivity contribution in [1.29, 1.82) is 0 Å². The molecule has 0 saturated heterocycles. The molecule has 0 heterocycles. The zero-order chi connectivity index (χ0) is 8.43. The van der Waals surface area contributed by atoms with Crippen LogP contribution in [0.15, 0.2) is 11.6 Å². The number of carboxylic acids is 1. The summed E-state index contributed by atoms with van der Waals surface area (Å²) in [6, 6.07) is 0. The van der Waals surface area contributed by atoms with Crippen molar-refractivity contribution in [2.24, 2.45) is 11.8 Å². The highest BCUT2D eigenvalue weighted by Gasteiger charge is 2.20. The molecule has 62 valence electrons. The predicted molar refractivity (Wildman–Crippen MR) is 43.3 cm³/mol. The van der Waals surface area contributed by atoms with Crippen LogP contribution < -0.4 is 0 Å². The van der Waals surface area contributed by atoms with Gasteiger partial charge in [-0.25, -0.2) is 4.79 Å². The molecule has 0 bridgehead atoms. The lowest BCUT2D eigenvalue weighted by molar-refractivity contribution is -0.133. The van der Waals surface area contributed by atoms with Gasteiger partial charge in [-0.3, -0.25) is 0 Å². The maximum Gasteiger partial charge on any atom is 0.331 e. The quantitative estimate of drug-likeness (QED) is 0.627. The molecule has 2 nitrogen and oxygen atoms in total. The fourth-order valence-corrected chi connectivity index (χ4v) is 1.39. The number of allylic oxidation sites excluding steroid dienone is 1. The summed E-state index contributed by atoms with van der Waals surface area (Å²) in [5.74, 6) is 0.316. The van der Waals surface area contributed by atoms with Crippen molar-refractivity contribution in [3.05, 3.63) is 11.6 Å². The molecule has 0 aromatic rings. The Labute approximate surface area is 66.9 Å². The number of carboxylic acid groups (broad SMARTS) is 1. The molecule has 0 unspecified atom stereocenters. The molecule has 0 aliphatic heterocycles. The van der Waals surface area contributed by atoms with Crippen LogP contribution in [0.1, 0.15) is 26.7 Å². The summed E-state index contributed by atoms with van der Waals surface area (Å²) in [6.45, 7) is 4.24. The Balaban J connectivity index is 2.71. The van der Waals surface area contributed by atoms with Gasteiger partial charge in [-0.05, 0) is 24.7 Å². The second kappa shape index (κ2) is 3.07. The van der Waals surface area contributed by atoms with Crippen molar-refractivity contribution in [3.63, 3.8) is 0 Å². The molecule has 0 fully saturated rings. The van der Waals surface area contributed by atoms with Gasteiger partial charge < -0.3 is 5.11 Å². The van der Waals surface area contributed by atoms with Crippen molar-refractivity contribution in [2.75, 3.05) is 0 Å². The largest absolute Gasteiger partial charge is 0.478 e. The van der Waals surface area contributed by atoms with Crippen LogP contribution in [0.3, 0.4) is 0 Å². The summed E-state index contributed by atoms with van der Waals surface area (Å²) in [4.78, 5) is 10.5. The van der Waals surface area contributed by atoms with Gasteiger partial charge >= 0.3 is 5.97 Å². The lowest BCUT2D eigenvalue weighted by Crippen LogP contribution is -2.15. The first-order valence-electron chi connectivity index (χ1n) is 4.05. The Hall–Kier alpha value is -0.790. The minimum Gasteiger partial charge on any atom is -0.478 e. The zero-order valence-electron chi connectivity index (χ0n) is 7.00. The first-order chi connectivity index (χ1) is 5.11. The molecule has 0 radical (unpaired) electrons. The zero-order valence-corrected chi connectivity index (χ0v) is 7.00. The molecule has 1 N–H and O–H groups in total. The van der Waals surface area contributed by atoms with E-state index in [1.54, 1.807) is 0 Å². The van der Waals surface area contributed by atoms with Crippen LogP contribution in [0.2, 0.25) is 0 Å². The van der Waals surface area contributed by atoms with E-state index >= 15 is 0 Å². The molecule has 1 rings (SSSR count). The fourth-order valence-electron chi connectivity index (χ4n) is 1.39. The van der Waals surface area contributed by atoms with Gasteiger partial charge in [-0.1, -0.05) is 19.9 Å². The Morgan fingerprint density at radius 2 is 2.27 bits per heavy atom. The van der Waals surface area contributed by atoms with Crippen molar-refractivity contribution in [1.82, 2.24) is 0 Å². The minimum absolute atomic E-state index is 0.426. The Morgan fingerprint density at radius 3 is 2.73 bits per heavy atom. The molecule has 2 heteroatoms. The van der Waals surface area contributed by atoms with Crippen LogP contribution in [0.5, 0.6) is 0 Å². The normalized spacial score (nSPS) is 31.3. The summed E-state index contributed by atoms with van der Waals surface area (Å²) in [7, 11) is 0. The van der Waals surface area contributed by atoms with Crippen molar-refractivity contribution in [3.8, 4) is 0 Å². The second-order valence-corrected chi connectivity index (χ2v) is 3.37. The topological polar surface area (TPSA) is 37.3 Å². The highest BCUT2D eigenvalue weighted by atomic mass is 16.4. The summed E-state index contributed by atoms with van der Waals surface area (Å²) in [5.41, 5.74) is 0.593. The van der Waals surface area contributed by atoms with Gasteiger partial charge in [0.2, 0.25) is 0 Å². The van der Waals surface area contributed by atoms with Gasteiger partial charge in [0.1, 0.15) is 0 Å². The Bertz CT molecular complexity index is 194. The van der Waals surface area contributed by atoms with Gasteiger partial charge in [0.05, 0.1) is 0 Å². The molecule has 0 spiro atoms. The number of carbonyl (C=O) groups is 1. The van der Waals surface area contributed by atoms with E-state index in [1.165, 1.54) is 0 Å². The van der Waals surface area contributed by atoms with Crippen LogP contribution in [-0.4, -0.2) is 11.1 Å². The van der Waals surface area contributed by atoms with E-state index in [0.717, 1.165) is 12.8 Å². The van der Waals surface area contributed by atoms with E-state index in [4.69, 9.17) is 5.11 Å². The molecule has 0 aromatic heterocycles. The summed E-state index contributed by atoms with van der Waals surface area (Å²) < 4.78 is 0. The van der Waals surface area contributed by atoms with Crippen LogP contribution in [0.25, 0.3) is 0 Å². The van der Waals surface area contributed by atoms with Crippen LogP contribution in [-0.2, 0) is 4.79 Å². The molecule has 1 aliphatic rings. The second-order valence-electron chi connectivity index (χ2n) is 3.37. The average Bonchev–Trinajstić information content (AvgIpc) is 1.94. The Kier molecular flexibility index (Phi) is 2.32. The Morgan fingerprint density at radius 1 is 1.64 bits per heavy atom. The van der Waals surface area contributed by atoms with E-state index in [-0.39, 0.29) is 0 Å². The van der Waals surface area contributed by atoms with Crippen LogP contribution in [0.4, 0.5) is 0 Å². The van der Waals surface area contributed by atoms with Crippen molar-refractivity contribution >= 4 is 5.97 Å². The third-order valence-corrected chi connectivity index (χ3v) is 2.51. The first kappa shape index (κ1) is 8.31. The maximum absolute atomic E-state index is 10.5. The molecule has 1 aliphatic carbocycles. The van der Waals surface area contributed by atoms with Gasteiger partial charge in [0.15, 0.2) is 0 Å². The average molecular weight is 154 g/mol. The van der Waals surface area contributed by atoms with E-state index in [9.17, 15) is 4.79 Å².